The number of fused-ring (bicyclic) bond motifs is 1. The second-order valence-electron chi connectivity index (χ2n) is 9.43. The topological polar surface area (TPSA) is 38.1 Å². The molecule has 3 aromatic carbocycles. The molecule has 0 aliphatic carbocycles. The maximum atomic E-state index is 13.9. The molecule has 0 bridgehead atoms. The normalized spacial score (nSPS) is 16.9. The molecule has 1 fully saturated rings. The van der Waals surface area contributed by atoms with E-state index < -0.39 is 11.7 Å². The Hall–Kier alpha value is -3.45. The van der Waals surface area contributed by atoms with Crippen LogP contribution in [0.1, 0.15) is 25.3 Å². The molecule has 2 heterocycles. The van der Waals surface area contributed by atoms with E-state index in [0.29, 0.717) is 28.8 Å². The van der Waals surface area contributed by atoms with Gasteiger partial charge in [0.05, 0.1) is 16.5 Å². The lowest BCUT2D eigenvalue weighted by molar-refractivity contribution is -0.137. The first-order valence-corrected chi connectivity index (χ1v) is 12.3. The molecular formula is C29H28F3N3O. The Kier molecular flexibility index (Phi) is 6.67. The quantitative estimate of drug-likeness (QED) is 0.321. The van der Waals surface area contributed by atoms with E-state index in [4.69, 9.17) is 4.98 Å². The highest BCUT2D eigenvalue weighted by atomic mass is 19.4. The monoisotopic (exact) mass is 491 g/mol. The molecular weight excluding hydrogens is 463 g/mol. The van der Waals surface area contributed by atoms with Crippen LogP contribution in [0.15, 0.2) is 77.6 Å². The fourth-order valence-electron chi connectivity index (χ4n) is 5.07. The van der Waals surface area contributed by atoms with E-state index >= 15 is 0 Å². The summed E-state index contributed by atoms with van der Waals surface area (Å²) in [5.74, 6) is 0.670. The maximum absolute atomic E-state index is 13.9. The Balaban J connectivity index is 1.63. The molecule has 1 aliphatic rings. The Morgan fingerprint density at radius 2 is 1.67 bits per heavy atom. The molecule has 7 heteroatoms. The van der Waals surface area contributed by atoms with Gasteiger partial charge in [-0.05, 0) is 67.2 Å². The van der Waals surface area contributed by atoms with E-state index in [1.54, 1.807) is 4.57 Å². The first-order chi connectivity index (χ1) is 17.3. The molecule has 1 saturated heterocycles. The predicted molar refractivity (Wildman–Crippen MR) is 137 cm³/mol. The van der Waals surface area contributed by atoms with E-state index in [0.717, 1.165) is 55.7 Å². The van der Waals surface area contributed by atoms with Crippen LogP contribution in [0, 0.1) is 5.92 Å². The van der Waals surface area contributed by atoms with Gasteiger partial charge in [0.1, 0.15) is 5.82 Å². The van der Waals surface area contributed by atoms with Crippen LogP contribution >= 0.6 is 0 Å². The first-order valence-electron chi connectivity index (χ1n) is 12.3. The lowest BCUT2D eigenvalue weighted by atomic mass is 9.97. The molecule has 36 heavy (non-hydrogen) atoms. The minimum atomic E-state index is -4.42. The minimum absolute atomic E-state index is 0.165. The van der Waals surface area contributed by atoms with Crippen LogP contribution in [-0.2, 0) is 12.7 Å². The zero-order valence-corrected chi connectivity index (χ0v) is 20.1. The molecule has 4 aromatic rings. The largest absolute Gasteiger partial charge is 0.416 e. The number of benzene rings is 3. The van der Waals surface area contributed by atoms with Crippen LogP contribution in [0.4, 0.5) is 13.2 Å². The smallest absolute Gasteiger partial charge is 0.303 e. The highest BCUT2D eigenvalue weighted by molar-refractivity contribution is 5.85. The van der Waals surface area contributed by atoms with Crippen molar-refractivity contribution in [2.45, 2.75) is 32.5 Å². The maximum Gasteiger partial charge on any atom is 0.416 e. The van der Waals surface area contributed by atoms with Gasteiger partial charge in [0.2, 0.25) is 0 Å². The summed E-state index contributed by atoms with van der Waals surface area (Å²) < 4.78 is 41.1. The molecule has 0 saturated carbocycles. The molecule has 0 spiro atoms. The summed E-state index contributed by atoms with van der Waals surface area (Å²) >= 11 is 0. The van der Waals surface area contributed by atoms with Gasteiger partial charge in [-0.3, -0.25) is 9.36 Å². The van der Waals surface area contributed by atoms with Gasteiger partial charge in [-0.25, -0.2) is 4.98 Å². The molecule has 0 N–H and O–H groups in total. The lowest BCUT2D eigenvalue weighted by Gasteiger charge is -2.32. The molecule has 0 unspecified atom stereocenters. The summed E-state index contributed by atoms with van der Waals surface area (Å²) in [5, 5.41) is 0.509. The third-order valence-corrected chi connectivity index (χ3v) is 7.02. The number of hydrogen-bond donors (Lipinski definition) is 0. The highest BCUT2D eigenvalue weighted by Crippen LogP contribution is 2.31. The molecule has 1 atom stereocenters. The molecule has 0 radical (unpaired) electrons. The zero-order valence-electron chi connectivity index (χ0n) is 20.1. The Bertz CT molecular complexity index is 1410. The lowest BCUT2D eigenvalue weighted by Crippen LogP contribution is -2.38. The van der Waals surface area contributed by atoms with Crippen molar-refractivity contribution >= 4 is 10.9 Å². The van der Waals surface area contributed by atoms with E-state index in [-0.39, 0.29) is 11.5 Å². The van der Waals surface area contributed by atoms with Crippen LogP contribution in [0.5, 0.6) is 0 Å². The average Bonchev–Trinajstić information content (AvgIpc) is 2.90. The van der Waals surface area contributed by atoms with Gasteiger partial charge in [0.25, 0.3) is 5.56 Å². The Morgan fingerprint density at radius 3 is 2.36 bits per heavy atom. The third kappa shape index (κ3) is 4.93. The second-order valence-corrected chi connectivity index (χ2v) is 9.43. The number of nitrogens with zero attached hydrogens (tertiary/aromatic N) is 3. The Labute approximate surface area is 208 Å². The average molecular weight is 492 g/mol. The SMILES string of the molecule is CCN1CCC[C@H](Cn2c(-c3ccc(C(F)(F)F)cc3)nc3ccc(-c4ccccc4)cc3c2=O)C1. The van der Waals surface area contributed by atoms with Gasteiger partial charge in [-0.2, -0.15) is 13.2 Å². The van der Waals surface area contributed by atoms with Crippen molar-refractivity contribution in [3.05, 3.63) is 88.7 Å². The van der Waals surface area contributed by atoms with Gasteiger partial charge in [0.15, 0.2) is 0 Å². The van der Waals surface area contributed by atoms with Crippen molar-refractivity contribution in [3.63, 3.8) is 0 Å². The van der Waals surface area contributed by atoms with E-state index in [9.17, 15) is 18.0 Å². The van der Waals surface area contributed by atoms with E-state index in [1.165, 1.54) is 12.1 Å². The van der Waals surface area contributed by atoms with Gasteiger partial charge in [0, 0.05) is 18.7 Å². The molecule has 186 valence electrons. The third-order valence-electron chi connectivity index (χ3n) is 7.02. The minimum Gasteiger partial charge on any atom is -0.303 e. The highest BCUT2D eigenvalue weighted by Gasteiger charge is 2.30. The molecule has 1 aliphatic heterocycles. The Morgan fingerprint density at radius 1 is 0.944 bits per heavy atom. The van der Waals surface area contributed by atoms with Crippen molar-refractivity contribution in [1.82, 2.24) is 14.5 Å². The summed E-state index contributed by atoms with van der Waals surface area (Å²) in [6.45, 7) is 5.49. The summed E-state index contributed by atoms with van der Waals surface area (Å²) in [6, 6.07) is 20.3. The van der Waals surface area contributed by atoms with Crippen molar-refractivity contribution in [2.24, 2.45) is 5.92 Å². The van der Waals surface area contributed by atoms with Gasteiger partial charge < -0.3 is 4.90 Å². The number of alkyl halides is 3. The number of halogens is 3. The van der Waals surface area contributed by atoms with Crippen molar-refractivity contribution < 1.29 is 13.2 Å². The van der Waals surface area contributed by atoms with Crippen LogP contribution in [0.25, 0.3) is 33.4 Å². The number of rotatable bonds is 5. The van der Waals surface area contributed by atoms with Gasteiger partial charge >= 0.3 is 6.18 Å². The fraction of sp³-hybridized carbons (Fsp3) is 0.310. The van der Waals surface area contributed by atoms with Gasteiger partial charge in [-0.15, -0.1) is 0 Å². The van der Waals surface area contributed by atoms with Gasteiger partial charge in [-0.1, -0.05) is 55.5 Å². The van der Waals surface area contributed by atoms with Crippen molar-refractivity contribution in [1.29, 1.82) is 0 Å². The standard InChI is InChI=1S/C29H28F3N3O/c1-2-34-16-6-7-20(18-34)19-35-27(22-10-13-24(14-11-22)29(30,31)32)33-26-15-12-23(17-25(26)28(35)36)21-8-4-3-5-9-21/h3-5,8-15,17,20H,2,6-7,16,18-19H2,1H3/t20-/m0/s1. The summed E-state index contributed by atoms with van der Waals surface area (Å²) in [5.41, 5.74) is 2.07. The molecule has 5 rings (SSSR count). The summed E-state index contributed by atoms with van der Waals surface area (Å²) in [7, 11) is 0. The molecule has 1 aromatic heterocycles. The van der Waals surface area contributed by atoms with E-state index in [2.05, 4.69) is 11.8 Å². The zero-order chi connectivity index (χ0) is 25.3. The van der Waals surface area contributed by atoms with E-state index in [1.807, 2.05) is 48.5 Å². The van der Waals surface area contributed by atoms with Crippen molar-refractivity contribution in [2.75, 3.05) is 19.6 Å². The van der Waals surface area contributed by atoms with Crippen LogP contribution < -0.4 is 5.56 Å². The van der Waals surface area contributed by atoms with Crippen LogP contribution in [0.2, 0.25) is 0 Å². The van der Waals surface area contributed by atoms with Crippen LogP contribution in [-0.4, -0.2) is 34.1 Å². The molecule has 0 amide bonds. The number of likely N-dealkylation sites (tertiary alicyclic amines) is 1. The number of aromatic nitrogens is 2. The fourth-order valence-corrected chi connectivity index (χ4v) is 5.07. The van der Waals surface area contributed by atoms with Crippen LogP contribution in [0.3, 0.4) is 0 Å². The summed E-state index contributed by atoms with van der Waals surface area (Å²) in [6.07, 6.45) is -2.37. The number of piperidine rings is 1. The number of hydrogen-bond acceptors (Lipinski definition) is 3. The van der Waals surface area contributed by atoms with Crippen molar-refractivity contribution in [3.8, 4) is 22.5 Å². The summed E-state index contributed by atoms with van der Waals surface area (Å²) in [4.78, 5) is 21.1. The molecule has 4 nitrogen and oxygen atoms in total. The predicted octanol–water partition coefficient (Wildman–Crippen LogP) is 6.48. The first kappa shape index (κ1) is 24.3. The second kappa shape index (κ2) is 9.90.